The molecule has 2 radical (unpaired) electrons. The molecule has 0 saturated carbocycles. The lowest BCUT2D eigenvalue weighted by Gasteiger charge is -1.96. The number of carbonyl (C=O) groups excluding carboxylic acids is 1. The molecule has 0 spiro atoms. The van der Waals surface area contributed by atoms with Gasteiger partial charge in [0.15, 0.2) is 5.78 Å². The van der Waals surface area contributed by atoms with Gasteiger partial charge in [0.1, 0.15) is 0 Å². The molecule has 0 aromatic heterocycles. The van der Waals surface area contributed by atoms with E-state index in [1.54, 1.807) is 12.1 Å². The van der Waals surface area contributed by atoms with Crippen molar-refractivity contribution in [1.82, 2.24) is 4.90 Å². The van der Waals surface area contributed by atoms with Crippen molar-refractivity contribution in [3.8, 4) is 0 Å². The number of hydrogen-bond donors (Lipinski definition) is 0. The molecule has 0 aliphatic carbocycles. The van der Waals surface area contributed by atoms with E-state index in [2.05, 4.69) is 22.6 Å². The van der Waals surface area contributed by atoms with Gasteiger partial charge >= 0.3 is 0 Å². The van der Waals surface area contributed by atoms with E-state index in [1.165, 1.54) is 0 Å². The SMILES string of the molecule is CN(C)C.[B]CC(=O)c1ccc(I)cc1. The number of benzene rings is 1. The third-order valence-corrected chi connectivity index (χ3v) is 2.07. The summed E-state index contributed by atoms with van der Waals surface area (Å²) < 4.78 is 1.12. The number of rotatable bonds is 2. The summed E-state index contributed by atoms with van der Waals surface area (Å²) in [4.78, 5) is 13.0. The van der Waals surface area contributed by atoms with Crippen LogP contribution in [0.4, 0.5) is 0 Å². The van der Waals surface area contributed by atoms with Gasteiger partial charge in [-0.05, 0) is 62.2 Å². The van der Waals surface area contributed by atoms with Crippen molar-refractivity contribution >= 4 is 36.2 Å². The first-order valence-corrected chi connectivity index (χ1v) is 5.65. The Hall–Kier alpha value is -0.355. The third kappa shape index (κ3) is 7.56. The van der Waals surface area contributed by atoms with Crippen LogP contribution in [0.1, 0.15) is 10.4 Å². The van der Waals surface area contributed by atoms with Crippen molar-refractivity contribution in [1.29, 1.82) is 0 Å². The highest BCUT2D eigenvalue weighted by atomic mass is 127. The van der Waals surface area contributed by atoms with E-state index in [-0.39, 0.29) is 12.1 Å². The van der Waals surface area contributed by atoms with Gasteiger partial charge in [-0.15, -0.1) is 0 Å². The van der Waals surface area contributed by atoms with Crippen molar-refractivity contribution in [2.75, 3.05) is 21.1 Å². The van der Waals surface area contributed by atoms with Gasteiger partial charge in [-0.3, -0.25) is 4.79 Å². The van der Waals surface area contributed by atoms with Crippen molar-refractivity contribution in [3.63, 3.8) is 0 Å². The van der Waals surface area contributed by atoms with Crippen LogP contribution in [-0.4, -0.2) is 39.7 Å². The van der Waals surface area contributed by atoms with Crippen LogP contribution in [0.15, 0.2) is 24.3 Å². The summed E-state index contributed by atoms with van der Waals surface area (Å²) in [5, 5.41) is 0. The fraction of sp³-hybridized carbons (Fsp3) is 0.364. The molecule has 0 bridgehead atoms. The summed E-state index contributed by atoms with van der Waals surface area (Å²) >= 11 is 2.19. The van der Waals surface area contributed by atoms with Crippen molar-refractivity contribution in [2.45, 2.75) is 6.32 Å². The first-order chi connectivity index (χ1) is 6.97. The van der Waals surface area contributed by atoms with Crippen LogP contribution in [0.3, 0.4) is 0 Å². The molecule has 80 valence electrons. The molecule has 2 nitrogen and oxygen atoms in total. The molecular formula is C11H15BINO. The van der Waals surface area contributed by atoms with Gasteiger partial charge in [0.25, 0.3) is 0 Å². The maximum absolute atomic E-state index is 11.0. The highest BCUT2D eigenvalue weighted by Crippen LogP contribution is 2.07. The second-order valence-electron chi connectivity index (χ2n) is 3.48. The largest absolute Gasteiger partial charge is 0.312 e. The monoisotopic (exact) mass is 315 g/mol. The Balaban J connectivity index is 0.000000423. The summed E-state index contributed by atoms with van der Waals surface area (Å²) in [6.45, 7) is 0. The van der Waals surface area contributed by atoms with Gasteiger partial charge in [-0.2, -0.15) is 0 Å². The predicted octanol–water partition coefficient (Wildman–Crippen LogP) is 2.24. The number of Topliss-reactive ketones (excluding diaryl/α,β-unsaturated/α-hetero) is 1. The Morgan fingerprint density at radius 3 is 2.00 bits per heavy atom. The Kier molecular flexibility index (Phi) is 7.69. The van der Waals surface area contributed by atoms with E-state index in [1.807, 2.05) is 38.2 Å². The molecule has 0 aliphatic rings. The van der Waals surface area contributed by atoms with Crippen LogP contribution in [0.2, 0.25) is 6.32 Å². The predicted molar refractivity (Wildman–Crippen MR) is 73.7 cm³/mol. The van der Waals surface area contributed by atoms with Crippen molar-refractivity contribution < 1.29 is 4.79 Å². The molecule has 15 heavy (non-hydrogen) atoms. The van der Waals surface area contributed by atoms with E-state index in [0.717, 1.165) is 3.57 Å². The Morgan fingerprint density at radius 2 is 1.67 bits per heavy atom. The van der Waals surface area contributed by atoms with Crippen LogP contribution in [0.25, 0.3) is 0 Å². The maximum atomic E-state index is 11.0. The molecule has 1 rings (SSSR count). The van der Waals surface area contributed by atoms with Crippen LogP contribution in [0.5, 0.6) is 0 Å². The van der Waals surface area contributed by atoms with Crippen molar-refractivity contribution in [3.05, 3.63) is 33.4 Å². The molecule has 0 atom stereocenters. The summed E-state index contributed by atoms with van der Waals surface area (Å²) in [5.41, 5.74) is 0.688. The van der Waals surface area contributed by atoms with Gasteiger partial charge in [-0.25, -0.2) is 0 Å². The van der Waals surface area contributed by atoms with Gasteiger partial charge in [0, 0.05) is 9.13 Å². The lowest BCUT2D eigenvalue weighted by molar-refractivity contribution is 0.101. The minimum absolute atomic E-state index is 0.0126. The van der Waals surface area contributed by atoms with E-state index in [4.69, 9.17) is 7.85 Å². The Bertz CT molecular complexity index is 295. The zero-order valence-corrected chi connectivity index (χ0v) is 11.5. The van der Waals surface area contributed by atoms with E-state index < -0.39 is 0 Å². The Morgan fingerprint density at radius 1 is 1.27 bits per heavy atom. The van der Waals surface area contributed by atoms with Crippen LogP contribution < -0.4 is 0 Å². The summed E-state index contributed by atoms with van der Waals surface area (Å²) in [6, 6.07) is 7.36. The standard InChI is InChI=1S/C8H6BIO.C3H9N/c9-5-8(11)6-1-3-7(10)4-2-6;1-4(2)3/h1-4H,5H2;1-3H3. The van der Waals surface area contributed by atoms with E-state index >= 15 is 0 Å². The van der Waals surface area contributed by atoms with Crippen LogP contribution in [-0.2, 0) is 0 Å². The second-order valence-corrected chi connectivity index (χ2v) is 4.72. The van der Waals surface area contributed by atoms with E-state index in [9.17, 15) is 4.79 Å². The van der Waals surface area contributed by atoms with E-state index in [0.29, 0.717) is 5.56 Å². The molecule has 0 amide bonds. The molecule has 1 aromatic rings. The number of hydrogen-bond acceptors (Lipinski definition) is 2. The quantitative estimate of drug-likeness (QED) is 0.474. The molecule has 1 aromatic carbocycles. The molecule has 0 fully saturated rings. The summed E-state index contributed by atoms with van der Waals surface area (Å²) in [6.07, 6.45) is 0.0839. The summed E-state index contributed by atoms with van der Waals surface area (Å²) in [5.74, 6) is -0.0126. The zero-order chi connectivity index (χ0) is 11.8. The first-order valence-electron chi connectivity index (χ1n) is 4.57. The minimum atomic E-state index is -0.0126. The topological polar surface area (TPSA) is 20.3 Å². The summed E-state index contributed by atoms with van der Waals surface area (Å²) in [7, 11) is 11.2. The maximum Gasteiger partial charge on any atom is 0.154 e. The average molecular weight is 315 g/mol. The van der Waals surface area contributed by atoms with Gasteiger partial charge in [0.05, 0.1) is 7.85 Å². The number of nitrogens with zero attached hydrogens (tertiary/aromatic N) is 1. The highest BCUT2D eigenvalue weighted by Gasteiger charge is 2.00. The van der Waals surface area contributed by atoms with Crippen LogP contribution in [0, 0.1) is 3.57 Å². The third-order valence-electron chi connectivity index (χ3n) is 1.35. The minimum Gasteiger partial charge on any atom is -0.312 e. The highest BCUT2D eigenvalue weighted by molar-refractivity contribution is 14.1. The average Bonchev–Trinajstić information content (AvgIpc) is 2.17. The molecular weight excluding hydrogens is 300 g/mol. The fourth-order valence-corrected chi connectivity index (χ4v) is 1.11. The van der Waals surface area contributed by atoms with Gasteiger partial charge in [0.2, 0.25) is 0 Å². The number of ketones is 1. The molecule has 0 heterocycles. The van der Waals surface area contributed by atoms with Gasteiger partial charge < -0.3 is 4.90 Å². The zero-order valence-electron chi connectivity index (χ0n) is 9.33. The molecule has 0 N–H and O–H groups in total. The fourth-order valence-electron chi connectivity index (χ4n) is 0.754. The first kappa shape index (κ1) is 14.6. The molecule has 0 saturated heterocycles. The lowest BCUT2D eigenvalue weighted by Crippen LogP contribution is -1.99. The van der Waals surface area contributed by atoms with Crippen LogP contribution >= 0.6 is 22.6 Å². The number of carbonyl (C=O) groups is 1. The van der Waals surface area contributed by atoms with Gasteiger partial charge in [-0.1, -0.05) is 12.1 Å². The molecule has 0 aliphatic heterocycles. The normalized spacial score (nSPS) is 9.40. The van der Waals surface area contributed by atoms with Crippen molar-refractivity contribution in [2.24, 2.45) is 0 Å². The Labute approximate surface area is 107 Å². The number of halogens is 1. The molecule has 4 heteroatoms. The molecule has 0 unspecified atom stereocenters. The second kappa shape index (κ2) is 7.87. The smallest absolute Gasteiger partial charge is 0.154 e. The lowest BCUT2D eigenvalue weighted by atomic mass is 9.96.